The van der Waals surface area contributed by atoms with Gasteiger partial charge >= 0.3 is 0 Å². The molecule has 0 aliphatic carbocycles. The Labute approximate surface area is 165 Å². The number of rotatable bonds is 4. The summed E-state index contributed by atoms with van der Waals surface area (Å²) in [5.74, 6) is 0.483. The number of fused-ring (bicyclic) bond motifs is 1. The molecule has 0 spiro atoms. The van der Waals surface area contributed by atoms with Crippen molar-refractivity contribution in [3.63, 3.8) is 0 Å². The number of allylic oxidation sites excluding steroid dienone is 2. The minimum Gasteiger partial charge on any atom is -0.366 e. The van der Waals surface area contributed by atoms with Gasteiger partial charge < -0.3 is 4.90 Å². The minimum absolute atomic E-state index is 0.483. The lowest BCUT2D eigenvalue weighted by Gasteiger charge is -2.34. The fourth-order valence-corrected chi connectivity index (χ4v) is 4.63. The van der Waals surface area contributed by atoms with Crippen molar-refractivity contribution in [2.75, 3.05) is 12.8 Å². The van der Waals surface area contributed by atoms with Gasteiger partial charge in [0.2, 0.25) is 0 Å². The fraction of sp³-hybridized carbons (Fsp3) is 0.333. The van der Waals surface area contributed by atoms with Crippen LogP contribution >= 0.6 is 34.4 Å². The Hall–Kier alpha value is -1.23. The van der Waals surface area contributed by atoms with Gasteiger partial charge in [-0.3, -0.25) is 0 Å². The molecule has 0 aromatic carbocycles. The predicted molar refractivity (Wildman–Crippen MR) is 120 cm³/mol. The molecule has 2 aromatic heterocycles. The third-order valence-corrected chi connectivity index (χ3v) is 6.15. The first-order chi connectivity index (χ1) is 12.2. The summed E-state index contributed by atoms with van der Waals surface area (Å²) in [4.78, 5) is 5.23. The van der Waals surface area contributed by atoms with Crippen molar-refractivity contribution >= 4 is 34.4 Å². The van der Waals surface area contributed by atoms with E-state index in [9.17, 15) is 0 Å². The molecule has 1 nitrogen and oxygen atoms in total. The normalized spacial score (nSPS) is 15.5. The highest BCUT2D eigenvalue weighted by Crippen LogP contribution is 2.39. The zero-order valence-electron chi connectivity index (χ0n) is 15.7. The summed E-state index contributed by atoms with van der Waals surface area (Å²) in [6.45, 7) is 15.9. The lowest BCUT2D eigenvalue weighted by atomic mass is 9.93. The zero-order valence-corrected chi connectivity index (χ0v) is 18.1. The van der Waals surface area contributed by atoms with Gasteiger partial charge in [0.15, 0.2) is 0 Å². The van der Waals surface area contributed by atoms with E-state index in [1.165, 1.54) is 15.3 Å². The largest absolute Gasteiger partial charge is 0.366 e. The summed E-state index contributed by atoms with van der Waals surface area (Å²) >= 11 is 5.41. The summed E-state index contributed by atoms with van der Waals surface area (Å²) in [5, 5.41) is 6.40. The quantitative estimate of drug-likeness (QED) is 0.501. The van der Waals surface area contributed by atoms with E-state index in [0.29, 0.717) is 5.92 Å². The highest BCUT2D eigenvalue weighted by molar-refractivity contribution is 8.01. The van der Waals surface area contributed by atoms with Crippen LogP contribution in [0.5, 0.6) is 0 Å². The summed E-state index contributed by atoms with van der Waals surface area (Å²) in [6, 6.07) is 6.64. The Balaban J connectivity index is 0.000000388. The van der Waals surface area contributed by atoms with E-state index >= 15 is 0 Å². The van der Waals surface area contributed by atoms with E-state index < -0.39 is 0 Å². The number of nitrogens with zero attached hydrogens (tertiary/aromatic N) is 1. The third-order valence-electron chi connectivity index (χ3n) is 3.69. The molecule has 1 aliphatic heterocycles. The maximum absolute atomic E-state index is 4.09. The van der Waals surface area contributed by atoms with Crippen LogP contribution in [0.3, 0.4) is 0 Å². The van der Waals surface area contributed by atoms with Crippen molar-refractivity contribution in [1.82, 2.24) is 4.90 Å². The molecule has 0 saturated carbocycles. The Morgan fingerprint density at radius 3 is 2.56 bits per heavy atom. The van der Waals surface area contributed by atoms with E-state index in [4.69, 9.17) is 0 Å². The second-order valence-corrected chi connectivity index (χ2v) is 7.87. The Morgan fingerprint density at radius 2 is 2.04 bits per heavy atom. The number of hydrogen-bond acceptors (Lipinski definition) is 4. The molecule has 1 aliphatic rings. The van der Waals surface area contributed by atoms with Gasteiger partial charge in [-0.15, -0.1) is 34.4 Å². The summed E-state index contributed by atoms with van der Waals surface area (Å²) < 4.78 is 0. The maximum atomic E-state index is 4.09. The smallest absolute Gasteiger partial charge is 0.0526 e. The van der Waals surface area contributed by atoms with Crippen molar-refractivity contribution in [2.45, 2.75) is 33.2 Å². The summed E-state index contributed by atoms with van der Waals surface area (Å²) in [5.41, 5.74) is 2.52. The molecular formula is C21H29NS3. The van der Waals surface area contributed by atoms with Crippen LogP contribution < -0.4 is 0 Å². The number of thioether (sulfide) groups is 1. The number of thiophene rings is 2. The molecule has 136 valence electrons. The van der Waals surface area contributed by atoms with Gasteiger partial charge in [0.25, 0.3) is 0 Å². The zero-order chi connectivity index (χ0) is 18.7. The van der Waals surface area contributed by atoms with Crippen LogP contribution in [0.25, 0.3) is 0 Å². The highest BCUT2D eigenvalue weighted by atomic mass is 32.2. The first kappa shape index (κ1) is 21.8. The molecule has 1 atom stereocenters. The SMILES string of the molecule is C/C=C\SC.C=CC(=C)N1Cc2sccc2C(c2cccs2)C1.CC. The molecule has 0 saturated heterocycles. The Morgan fingerprint density at radius 1 is 1.28 bits per heavy atom. The average molecular weight is 392 g/mol. The van der Waals surface area contributed by atoms with E-state index in [0.717, 1.165) is 18.8 Å². The van der Waals surface area contributed by atoms with E-state index in [2.05, 4.69) is 47.0 Å². The van der Waals surface area contributed by atoms with Crippen LogP contribution in [-0.2, 0) is 6.54 Å². The van der Waals surface area contributed by atoms with E-state index in [-0.39, 0.29) is 0 Å². The molecule has 3 rings (SSSR count). The van der Waals surface area contributed by atoms with Crippen LogP contribution in [0, 0.1) is 0 Å². The lowest BCUT2D eigenvalue weighted by Crippen LogP contribution is -2.31. The molecule has 0 bridgehead atoms. The first-order valence-electron chi connectivity index (χ1n) is 8.51. The molecular weight excluding hydrogens is 362 g/mol. The third kappa shape index (κ3) is 6.21. The molecule has 0 radical (unpaired) electrons. The van der Waals surface area contributed by atoms with E-state index in [1.807, 2.05) is 67.3 Å². The van der Waals surface area contributed by atoms with Crippen molar-refractivity contribution in [3.8, 4) is 0 Å². The van der Waals surface area contributed by atoms with Gasteiger partial charge in [0, 0.05) is 27.9 Å². The van der Waals surface area contributed by atoms with E-state index in [1.54, 1.807) is 11.8 Å². The standard InChI is InChI=1S/C15H15NS2.C4H8S.C2H6/c1-3-11(2)16-9-13(14-5-4-7-17-14)12-6-8-18-15(12)10-16;1-3-4-5-2;1-2/h3-8,13H,1-2,9-10H2;3-4H,1-2H3;1-2H3/b;4-3-;. The lowest BCUT2D eigenvalue weighted by molar-refractivity contribution is 0.320. The highest BCUT2D eigenvalue weighted by Gasteiger charge is 2.28. The molecule has 25 heavy (non-hydrogen) atoms. The molecule has 0 fully saturated rings. The fourth-order valence-electron chi connectivity index (χ4n) is 2.56. The first-order valence-corrected chi connectivity index (χ1v) is 11.6. The van der Waals surface area contributed by atoms with Gasteiger partial charge in [0.05, 0.1) is 6.54 Å². The topological polar surface area (TPSA) is 3.24 Å². The minimum atomic E-state index is 0.483. The van der Waals surface area contributed by atoms with Crippen molar-refractivity contribution in [2.24, 2.45) is 0 Å². The van der Waals surface area contributed by atoms with Gasteiger partial charge in [-0.2, -0.15) is 0 Å². The molecule has 4 heteroatoms. The van der Waals surface area contributed by atoms with Crippen LogP contribution in [0.2, 0.25) is 0 Å². The predicted octanol–water partition coefficient (Wildman–Crippen LogP) is 7.37. The maximum Gasteiger partial charge on any atom is 0.0526 e. The Kier molecular flexibility index (Phi) is 10.6. The van der Waals surface area contributed by atoms with Gasteiger partial charge in [-0.1, -0.05) is 39.1 Å². The molecule has 3 heterocycles. The average Bonchev–Trinajstić information content (AvgIpc) is 3.34. The van der Waals surface area contributed by atoms with Gasteiger partial charge in [-0.25, -0.2) is 0 Å². The van der Waals surface area contributed by atoms with Crippen molar-refractivity contribution in [3.05, 3.63) is 80.7 Å². The second kappa shape index (κ2) is 12.2. The Bertz CT molecular complexity index is 652. The van der Waals surface area contributed by atoms with Crippen LogP contribution in [-0.4, -0.2) is 17.7 Å². The van der Waals surface area contributed by atoms with Crippen LogP contribution in [0.1, 0.15) is 42.0 Å². The molecule has 0 amide bonds. The monoisotopic (exact) mass is 391 g/mol. The van der Waals surface area contributed by atoms with Crippen molar-refractivity contribution in [1.29, 1.82) is 0 Å². The summed E-state index contributed by atoms with van der Waals surface area (Å²) in [7, 11) is 0. The van der Waals surface area contributed by atoms with Gasteiger partial charge in [0.1, 0.15) is 0 Å². The van der Waals surface area contributed by atoms with Gasteiger partial charge in [-0.05, 0) is 53.1 Å². The second-order valence-electron chi connectivity index (χ2n) is 5.15. The van der Waals surface area contributed by atoms with Crippen LogP contribution in [0.4, 0.5) is 0 Å². The number of hydrogen-bond donors (Lipinski definition) is 0. The summed E-state index contributed by atoms with van der Waals surface area (Å²) in [6.07, 6.45) is 5.91. The molecule has 2 aromatic rings. The van der Waals surface area contributed by atoms with Crippen LogP contribution in [0.15, 0.2) is 65.4 Å². The van der Waals surface area contributed by atoms with Crippen molar-refractivity contribution < 1.29 is 0 Å². The molecule has 0 N–H and O–H groups in total. The molecule has 1 unspecified atom stereocenters.